The molecule has 0 radical (unpaired) electrons. The van der Waals surface area contributed by atoms with Gasteiger partial charge in [0.05, 0.1) is 0 Å². The first-order valence-electron chi connectivity index (χ1n) is 6.38. The van der Waals surface area contributed by atoms with Crippen molar-refractivity contribution in [1.82, 2.24) is 0 Å². The number of hydrogen-bond acceptors (Lipinski definition) is 4. The Hall–Kier alpha value is -2.83. The molecule has 0 unspecified atom stereocenters. The van der Waals surface area contributed by atoms with Crippen molar-refractivity contribution in [1.29, 1.82) is 0 Å². The summed E-state index contributed by atoms with van der Waals surface area (Å²) in [7, 11) is 0. The minimum Gasteiger partial charge on any atom is -0.484 e. The van der Waals surface area contributed by atoms with Gasteiger partial charge in [0, 0.05) is 17.8 Å². The average Bonchev–Trinajstić information content (AvgIpc) is 2.91. The second-order valence-electron chi connectivity index (χ2n) is 4.51. The van der Waals surface area contributed by atoms with Crippen molar-refractivity contribution >= 4 is 11.6 Å². The van der Waals surface area contributed by atoms with E-state index in [4.69, 9.17) is 14.2 Å². The number of hydrogen-bond donors (Lipinski definition) is 1. The van der Waals surface area contributed by atoms with Crippen molar-refractivity contribution in [2.45, 2.75) is 0 Å². The molecule has 0 aromatic heterocycles. The van der Waals surface area contributed by atoms with Crippen LogP contribution in [-0.2, 0) is 4.79 Å². The van der Waals surface area contributed by atoms with E-state index in [0.29, 0.717) is 17.2 Å². The molecule has 3 rings (SSSR count). The van der Waals surface area contributed by atoms with Gasteiger partial charge in [-0.15, -0.1) is 0 Å². The van der Waals surface area contributed by atoms with E-state index >= 15 is 0 Å². The predicted molar refractivity (Wildman–Crippen MR) is 73.0 cm³/mol. The number of ether oxygens (including phenoxy) is 3. The lowest BCUT2D eigenvalue weighted by Gasteiger charge is -2.08. The van der Waals surface area contributed by atoms with Crippen LogP contribution in [0, 0.1) is 11.6 Å². The van der Waals surface area contributed by atoms with Gasteiger partial charge in [-0.25, -0.2) is 8.78 Å². The third kappa shape index (κ3) is 3.25. The minimum absolute atomic E-state index is 0.0248. The van der Waals surface area contributed by atoms with Crippen molar-refractivity contribution in [2.75, 3.05) is 18.7 Å². The molecule has 0 aliphatic carbocycles. The van der Waals surface area contributed by atoms with Crippen LogP contribution in [0.4, 0.5) is 14.5 Å². The largest absolute Gasteiger partial charge is 0.484 e. The maximum atomic E-state index is 13.0. The van der Waals surface area contributed by atoms with E-state index in [2.05, 4.69) is 5.32 Å². The zero-order valence-corrected chi connectivity index (χ0v) is 11.3. The molecular formula is C15H11F2NO4. The molecule has 0 saturated heterocycles. The van der Waals surface area contributed by atoms with E-state index in [9.17, 15) is 13.6 Å². The van der Waals surface area contributed by atoms with Gasteiger partial charge < -0.3 is 19.5 Å². The number of anilines is 1. The summed E-state index contributed by atoms with van der Waals surface area (Å²) in [6.45, 7) is -0.164. The number of nitrogens with one attached hydrogen (secondary N) is 1. The SMILES string of the molecule is O=C(COc1ccc2c(c1)OCO2)Nc1cc(F)cc(F)c1. The molecule has 0 spiro atoms. The second-order valence-corrected chi connectivity index (χ2v) is 4.51. The van der Waals surface area contributed by atoms with E-state index in [-0.39, 0.29) is 19.1 Å². The molecule has 114 valence electrons. The predicted octanol–water partition coefficient (Wildman–Crippen LogP) is 2.71. The minimum atomic E-state index is -0.771. The molecule has 0 fully saturated rings. The summed E-state index contributed by atoms with van der Waals surface area (Å²) in [4.78, 5) is 11.7. The fourth-order valence-corrected chi connectivity index (χ4v) is 1.94. The Bertz CT molecular complexity index is 700. The molecule has 0 bridgehead atoms. The van der Waals surface area contributed by atoms with Crippen molar-refractivity contribution in [3.63, 3.8) is 0 Å². The molecule has 2 aromatic carbocycles. The van der Waals surface area contributed by atoms with Crippen molar-refractivity contribution in [3.8, 4) is 17.2 Å². The fourth-order valence-electron chi connectivity index (χ4n) is 1.94. The Labute approximate surface area is 124 Å². The number of carbonyl (C=O) groups excluding carboxylic acids is 1. The summed E-state index contributed by atoms with van der Waals surface area (Å²) in [6, 6.07) is 7.64. The van der Waals surface area contributed by atoms with E-state index in [0.717, 1.165) is 18.2 Å². The molecule has 0 atom stereocenters. The van der Waals surface area contributed by atoms with Crippen molar-refractivity contribution < 1.29 is 27.8 Å². The van der Waals surface area contributed by atoms with Crippen molar-refractivity contribution in [3.05, 3.63) is 48.0 Å². The molecule has 22 heavy (non-hydrogen) atoms. The van der Waals surface area contributed by atoms with Gasteiger partial charge in [-0.2, -0.15) is 0 Å². The van der Waals surface area contributed by atoms with Crippen LogP contribution in [0.3, 0.4) is 0 Å². The van der Waals surface area contributed by atoms with Gasteiger partial charge in [0.2, 0.25) is 6.79 Å². The Morgan fingerprint density at radius 3 is 2.59 bits per heavy atom. The zero-order chi connectivity index (χ0) is 15.5. The van der Waals surface area contributed by atoms with Gasteiger partial charge >= 0.3 is 0 Å². The molecule has 1 amide bonds. The lowest BCUT2D eigenvalue weighted by Crippen LogP contribution is -2.20. The van der Waals surface area contributed by atoms with Crippen LogP contribution in [-0.4, -0.2) is 19.3 Å². The van der Waals surface area contributed by atoms with Gasteiger partial charge in [-0.05, 0) is 24.3 Å². The summed E-state index contributed by atoms with van der Waals surface area (Å²) in [6.07, 6.45) is 0. The van der Waals surface area contributed by atoms with Crippen LogP contribution in [0.1, 0.15) is 0 Å². The third-order valence-electron chi connectivity index (χ3n) is 2.86. The summed E-state index contributed by atoms with van der Waals surface area (Å²) in [5.41, 5.74) is 0.0248. The molecule has 7 heteroatoms. The average molecular weight is 307 g/mol. The van der Waals surface area contributed by atoms with Crippen LogP contribution in [0.25, 0.3) is 0 Å². The first-order valence-corrected chi connectivity index (χ1v) is 6.38. The highest BCUT2D eigenvalue weighted by Gasteiger charge is 2.14. The molecule has 5 nitrogen and oxygen atoms in total. The Balaban J connectivity index is 1.58. The maximum absolute atomic E-state index is 13.0. The van der Waals surface area contributed by atoms with Crippen LogP contribution >= 0.6 is 0 Å². The maximum Gasteiger partial charge on any atom is 0.262 e. The van der Waals surface area contributed by atoms with E-state index in [1.807, 2.05) is 0 Å². The van der Waals surface area contributed by atoms with Crippen LogP contribution < -0.4 is 19.5 Å². The number of halogens is 2. The number of fused-ring (bicyclic) bond motifs is 1. The van der Waals surface area contributed by atoms with Gasteiger partial charge in [-0.3, -0.25) is 4.79 Å². The van der Waals surface area contributed by atoms with Crippen LogP contribution in [0.5, 0.6) is 17.2 Å². The van der Waals surface area contributed by atoms with Crippen molar-refractivity contribution in [2.24, 2.45) is 0 Å². The van der Waals surface area contributed by atoms with Crippen LogP contribution in [0.15, 0.2) is 36.4 Å². The Morgan fingerprint density at radius 2 is 1.82 bits per heavy atom. The number of carbonyl (C=O) groups is 1. The van der Waals surface area contributed by atoms with Gasteiger partial charge in [0.1, 0.15) is 17.4 Å². The molecule has 2 aromatic rings. The normalized spacial score (nSPS) is 12.1. The summed E-state index contributed by atoms with van der Waals surface area (Å²) < 4.78 is 41.6. The molecular weight excluding hydrogens is 296 g/mol. The Kier molecular flexibility index (Phi) is 3.78. The summed E-state index contributed by atoms with van der Waals surface area (Å²) in [5, 5.41) is 2.35. The number of rotatable bonds is 4. The molecule has 1 aliphatic heterocycles. The van der Waals surface area contributed by atoms with Gasteiger partial charge in [0.15, 0.2) is 18.1 Å². The van der Waals surface area contributed by atoms with Gasteiger partial charge in [0.25, 0.3) is 5.91 Å². The summed E-state index contributed by atoms with van der Waals surface area (Å²) >= 11 is 0. The summed E-state index contributed by atoms with van der Waals surface area (Å²) in [5.74, 6) is -0.524. The molecule has 0 saturated carbocycles. The highest BCUT2D eigenvalue weighted by Crippen LogP contribution is 2.35. The number of benzene rings is 2. The highest BCUT2D eigenvalue weighted by molar-refractivity contribution is 5.91. The highest BCUT2D eigenvalue weighted by atomic mass is 19.1. The standard InChI is InChI=1S/C15H11F2NO4/c16-9-3-10(17)5-11(4-9)18-15(19)7-20-12-1-2-13-14(6-12)22-8-21-13/h1-6H,7-8H2,(H,18,19). The number of amides is 1. The van der Waals surface area contributed by atoms with E-state index in [1.165, 1.54) is 0 Å². The molecule has 1 aliphatic rings. The smallest absolute Gasteiger partial charge is 0.262 e. The van der Waals surface area contributed by atoms with E-state index in [1.54, 1.807) is 18.2 Å². The molecule has 1 heterocycles. The van der Waals surface area contributed by atoms with Crippen LogP contribution in [0.2, 0.25) is 0 Å². The quantitative estimate of drug-likeness (QED) is 0.943. The first kappa shape index (κ1) is 14.1. The fraction of sp³-hybridized carbons (Fsp3) is 0.133. The lowest BCUT2D eigenvalue weighted by molar-refractivity contribution is -0.118. The third-order valence-corrected chi connectivity index (χ3v) is 2.86. The van der Waals surface area contributed by atoms with Gasteiger partial charge in [-0.1, -0.05) is 0 Å². The first-order chi connectivity index (χ1) is 10.6. The lowest BCUT2D eigenvalue weighted by atomic mass is 10.3. The second kappa shape index (κ2) is 5.88. The zero-order valence-electron chi connectivity index (χ0n) is 11.3. The topological polar surface area (TPSA) is 56.8 Å². The molecule has 1 N–H and O–H groups in total. The Morgan fingerprint density at radius 1 is 1.09 bits per heavy atom. The van der Waals surface area contributed by atoms with E-state index < -0.39 is 17.5 Å². The monoisotopic (exact) mass is 307 g/mol.